The SMILES string of the molecule is CCC(=O)O[C@@H]1C(C)O[C@@H](O[C@@H]2C(C)O[C@@H](O[C@H]3[C@@H](CC=O)C[C@@H](C)[C@@H](O)CN(C)CCC(CCCc4ccnc5ccccc45)NC(=O)C[C@@H](OC(=O)CC)[C@@H]3OC)C(O)C2N(C)C)CC1(C)O. The standard InChI is InChI=1S/C51H80N4O14/c1-11-41(59)66-39-27-40(58)53-35(17-15-16-33-20-23-52-37-19-14-13-18-36(33)37)21-24-55(9)29-38(57)30(3)26-34(22-25-56)47(48(39)63-10)69-50-45(61)44(54(7)8)46(31(4)65-50)68-43-28-51(6,62)49(32(5)64-43)67-42(60)12-2/h13-14,18-20,23,25,30-32,34-35,38-39,43-50,57,61-62H,11-12,15-17,21-22,24,26-29H2,1-10H3,(H,53,58)/t30-,31?,32?,34+,35?,38+,39-,43+,44?,45?,46-,47+,48+,49-,50+,51?/m1/s1. The molecule has 18 heteroatoms. The lowest BCUT2D eigenvalue weighted by Gasteiger charge is -2.50. The number of ether oxygens (including phenoxy) is 7. The average molecular weight is 973 g/mol. The third kappa shape index (κ3) is 15.2. The number of likely N-dealkylation sites (N-methyl/N-ethyl adjacent to an activating group) is 2. The molecular formula is C51H80N4O14. The first-order valence-electron chi connectivity index (χ1n) is 24.8. The van der Waals surface area contributed by atoms with Crippen molar-refractivity contribution in [3.8, 4) is 0 Å². The largest absolute Gasteiger partial charge is 0.459 e. The highest BCUT2D eigenvalue weighted by molar-refractivity contribution is 5.81. The van der Waals surface area contributed by atoms with E-state index in [0.717, 1.165) is 30.0 Å². The van der Waals surface area contributed by atoms with Crippen LogP contribution in [-0.2, 0) is 58.8 Å². The smallest absolute Gasteiger partial charge is 0.305 e. The topological polar surface area (TPSA) is 225 Å². The summed E-state index contributed by atoms with van der Waals surface area (Å²) in [5, 5.41) is 39.7. The molecule has 3 aliphatic heterocycles. The highest BCUT2D eigenvalue weighted by Crippen LogP contribution is 2.38. The van der Waals surface area contributed by atoms with Gasteiger partial charge >= 0.3 is 11.9 Å². The van der Waals surface area contributed by atoms with E-state index in [1.807, 2.05) is 49.3 Å². The number of carbonyl (C=O) groups excluding carboxylic acids is 4. The third-order valence-electron chi connectivity index (χ3n) is 14.1. The third-order valence-corrected chi connectivity index (χ3v) is 14.1. The van der Waals surface area contributed by atoms with Crippen molar-refractivity contribution in [2.45, 2.75) is 191 Å². The Bertz CT molecular complexity index is 1950. The number of esters is 2. The second-order valence-electron chi connectivity index (χ2n) is 19.9. The minimum Gasteiger partial charge on any atom is -0.459 e. The molecule has 5 rings (SSSR count). The van der Waals surface area contributed by atoms with Crippen molar-refractivity contribution in [2.24, 2.45) is 11.8 Å². The number of pyridine rings is 1. The number of aryl methyl sites for hydroxylation is 1. The van der Waals surface area contributed by atoms with Crippen molar-refractivity contribution >= 4 is 35.0 Å². The monoisotopic (exact) mass is 973 g/mol. The maximum absolute atomic E-state index is 14.3. The van der Waals surface area contributed by atoms with Crippen molar-refractivity contribution in [2.75, 3.05) is 41.3 Å². The first-order chi connectivity index (χ1) is 32.8. The Morgan fingerprint density at radius 1 is 1.00 bits per heavy atom. The molecule has 1 amide bonds. The second kappa shape index (κ2) is 26.1. The van der Waals surface area contributed by atoms with Gasteiger partial charge in [-0.3, -0.25) is 19.4 Å². The maximum Gasteiger partial charge on any atom is 0.305 e. The number of hydrogen-bond donors (Lipinski definition) is 4. The summed E-state index contributed by atoms with van der Waals surface area (Å²) in [5.74, 6) is -2.46. The molecule has 0 saturated carbocycles. The van der Waals surface area contributed by atoms with Gasteiger partial charge < -0.3 is 68.4 Å². The highest BCUT2D eigenvalue weighted by Gasteiger charge is 2.53. The van der Waals surface area contributed by atoms with E-state index >= 15 is 0 Å². The van der Waals surface area contributed by atoms with Gasteiger partial charge in [0, 0.05) is 57.0 Å². The number of aliphatic hydroxyl groups excluding tert-OH is 2. The number of nitrogens with zero attached hydrogens (tertiary/aromatic N) is 3. The van der Waals surface area contributed by atoms with Crippen LogP contribution in [0.4, 0.5) is 0 Å². The molecule has 3 fully saturated rings. The van der Waals surface area contributed by atoms with Crippen LogP contribution in [0.15, 0.2) is 36.5 Å². The van der Waals surface area contributed by atoms with Crippen molar-refractivity contribution in [1.82, 2.24) is 20.1 Å². The zero-order chi connectivity index (χ0) is 50.6. The first kappa shape index (κ1) is 56.2. The summed E-state index contributed by atoms with van der Waals surface area (Å²) in [5.41, 5.74) is 0.588. The van der Waals surface area contributed by atoms with Crippen molar-refractivity contribution in [3.63, 3.8) is 0 Å². The van der Waals surface area contributed by atoms with Crippen molar-refractivity contribution in [3.05, 3.63) is 42.1 Å². The van der Waals surface area contributed by atoms with Crippen LogP contribution in [0.2, 0.25) is 0 Å². The Kier molecular flexibility index (Phi) is 21.3. The van der Waals surface area contributed by atoms with Crippen molar-refractivity contribution in [1.29, 1.82) is 0 Å². The Balaban J connectivity index is 1.43. The van der Waals surface area contributed by atoms with Crippen LogP contribution in [0.1, 0.15) is 105 Å². The van der Waals surface area contributed by atoms with Crippen LogP contribution in [0.3, 0.4) is 0 Å². The summed E-state index contributed by atoms with van der Waals surface area (Å²) in [6.07, 6.45) is -5.89. The number of amides is 1. The number of hydrogen-bond acceptors (Lipinski definition) is 17. The summed E-state index contributed by atoms with van der Waals surface area (Å²) in [7, 11) is 6.88. The normalized spacial score (nSPS) is 35.7. The molecule has 1 aromatic carbocycles. The number of methoxy groups -OCH3 is 1. The summed E-state index contributed by atoms with van der Waals surface area (Å²) in [6, 6.07) is 8.99. The molecule has 1 aromatic heterocycles. The van der Waals surface area contributed by atoms with Gasteiger partial charge in [0.1, 0.15) is 36.3 Å². The highest BCUT2D eigenvalue weighted by atomic mass is 16.7. The zero-order valence-corrected chi connectivity index (χ0v) is 42.4. The molecule has 4 N–H and O–H groups in total. The quantitative estimate of drug-likeness (QED) is 0.139. The van der Waals surface area contributed by atoms with E-state index in [0.29, 0.717) is 25.9 Å². The van der Waals surface area contributed by atoms with Crippen LogP contribution in [-0.4, -0.2) is 181 Å². The Labute approximate surface area is 408 Å². The number of aldehydes is 1. The van der Waals surface area contributed by atoms with Crippen LogP contribution in [0.25, 0.3) is 10.9 Å². The number of rotatable bonds is 16. The maximum atomic E-state index is 14.3. The number of β-amino-alcohol motifs (C(OH)–C–C–N with tert-alkyl or cyclic N) is 1. The number of carbonyl (C=O) groups is 4. The van der Waals surface area contributed by atoms with Gasteiger partial charge in [0.2, 0.25) is 5.91 Å². The molecule has 0 bridgehead atoms. The van der Waals surface area contributed by atoms with Crippen LogP contribution in [0.5, 0.6) is 0 Å². The van der Waals surface area contributed by atoms with Crippen molar-refractivity contribution < 1.29 is 67.7 Å². The van der Waals surface area contributed by atoms with Gasteiger partial charge in [0.25, 0.3) is 0 Å². The van der Waals surface area contributed by atoms with Crippen LogP contribution >= 0.6 is 0 Å². The van der Waals surface area contributed by atoms with Gasteiger partial charge in [-0.15, -0.1) is 0 Å². The van der Waals surface area contributed by atoms with E-state index in [4.69, 9.17) is 33.2 Å². The first-order valence-corrected chi connectivity index (χ1v) is 24.8. The number of nitrogens with one attached hydrogen (secondary N) is 1. The summed E-state index contributed by atoms with van der Waals surface area (Å²) in [4.78, 5) is 60.6. The average Bonchev–Trinajstić information content (AvgIpc) is 3.29. The van der Waals surface area contributed by atoms with E-state index in [1.165, 1.54) is 12.7 Å². The van der Waals surface area contributed by atoms with Gasteiger partial charge in [0.15, 0.2) is 18.7 Å². The molecule has 0 spiro atoms. The molecule has 16 atom stereocenters. The number of fused-ring (bicyclic) bond motifs is 1. The Morgan fingerprint density at radius 3 is 2.38 bits per heavy atom. The lowest BCUT2D eigenvalue weighted by atomic mass is 9.82. The van der Waals surface area contributed by atoms with Crippen LogP contribution in [0, 0.1) is 11.8 Å². The molecule has 0 aliphatic carbocycles. The minimum absolute atomic E-state index is 0.0110. The fraction of sp³-hybridized carbons (Fsp3) is 0.745. The molecule has 3 saturated heterocycles. The van der Waals surface area contributed by atoms with Gasteiger partial charge in [0.05, 0.1) is 42.4 Å². The molecule has 4 heterocycles. The van der Waals surface area contributed by atoms with E-state index in [1.54, 1.807) is 53.6 Å². The Hall–Kier alpha value is -3.69. The van der Waals surface area contributed by atoms with E-state index in [2.05, 4.69) is 16.4 Å². The number of benzene rings is 1. The lowest BCUT2D eigenvalue weighted by Crippen LogP contribution is -2.66. The number of aliphatic hydroxyl groups is 3. The van der Waals surface area contributed by atoms with E-state index in [9.17, 15) is 34.5 Å². The van der Waals surface area contributed by atoms with Crippen LogP contribution < -0.4 is 5.32 Å². The molecule has 2 aromatic rings. The van der Waals surface area contributed by atoms with Gasteiger partial charge in [-0.1, -0.05) is 39.0 Å². The van der Waals surface area contributed by atoms with Gasteiger partial charge in [-0.2, -0.15) is 0 Å². The van der Waals surface area contributed by atoms with Gasteiger partial charge in [-0.25, -0.2) is 0 Å². The fourth-order valence-corrected chi connectivity index (χ4v) is 10.3. The van der Waals surface area contributed by atoms with E-state index < -0.39 is 97.0 Å². The van der Waals surface area contributed by atoms with Gasteiger partial charge in [-0.05, 0) is 110 Å². The lowest BCUT2D eigenvalue weighted by molar-refractivity contribution is -0.344. The Morgan fingerprint density at radius 2 is 1.71 bits per heavy atom. The molecule has 3 aliphatic rings. The minimum atomic E-state index is -1.50. The molecule has 388 valence electrons. The van der Waals surface area contributed by atoms with E-state index in [-0.39, 0.29) is 56.4 Å². The molecule has 69 heavy (non-hydrogen) atoms. The zero-order valence-electron chi connectivity index (χ0n) is 42.4. The second-order valence-corrected chi connectivity index (χ2v) is 19.9. The number of para-hydroxylation sites is 1. The predicted molar refractivity (Wildman–Crippen MR) is 256 cm³/mol. The summed E-state index contributed by atoms with van der Waals surface area (Å²) >= 11 is 0. The summed E-state index contributed by atoms with van der Waals surface area (Å²) in [6.45, 7) is 11.1. The summed E-state index contributed by atoms with van der Waals surface area (Å²) < 4.78 is 43.8. The number of aromatic nitrogens is 1. The molecule has 6 unspecified atom stereocenters. The predicted octanol–water partition coefficient (Wildman–Crippen LogP) is 3.71. The molecule has 18 nitrogen and oxygen atoms in total. The molecular weight excluding hydrogens is 893 g/mol. The fourth-order valence-electron chi connectivity index (χ4n) is 10.3. The molecule has 0 radical (unpaired) electrons.